The van der Waals surface area contributed by atoms with E-state index in [2.05, 4.69) is 15.9 Å². The van der Waals surface area contributed by atoms with Crippen molar-refractivity contribution in [1.29, 1.82) is 0 Å². The first kappa shape index (κ1) is 15.0. The summed E-state index contributed by atoms with van der Waals surface area (Å²) < 4.78 is 24.6. The van der Waals surface area contributed by atoms with Gasteiger partial charge in [-0.3, -0.25) is 0 Å². The Morgan fingerprint density at radius 1 is 1.29 bits per heavy atom. The molecule has 0 fully saturated rings. The topological polar surface area (TPSA) is 18.5 Å². The van der Waals surface area contributed by atoms with Crippen molar-refractivity contribution < 1.29 is 13.9 Å². The fourth-order valence-corrected chi connectivity index (χ4v) is 2.78. The third-order valence-electron chi connectivity index (χ3n) is 2.00. The lowest BCUT2D eigenvalue weighted by Gasteiger charge is -2.16. The minimum atomic E-state index is -0.251. The van der Waals surface area contributed by atoms with Crippen molar-refractivity contribution in [2.45, 2.75) is 25.0 Å². The van der Waals surface area contributed by atoms with Gasteiger partial charge in [-0.15, -0.1) is 11.8 Å². The Morgan fingerprint density at radius 2 is 1.94 bits per heavy atom. The lowest BCUT2D eigenvalue weighted by atomic mass is 10.3. The van der Waals surface area contributed by atoms with Crippen LogP contribution in [0, 0.1) is 5.82 Å². The Hall–Kier alpha value is -0.100. The maximum Gasteiger partial charge on any atom is 0.166 e. The summed E-state index contributed by atoms with van der Waals surface area (Å²) in [5.41, 5.74) is 0. The minimum Gasteiger partial charge on any atom is -0.352 e. The Labute approximate surface area is 114 Å². The van der Waals surface area contributed by atoms with Crippen LogP contribution < -0.4 is 0 Å². The highest BCUT2D eigenvalue weighted by Crippen LogP contribution is 2.30. The molecule has 1 aromatic carbocycles. The molecule has 96 valence electrons. The molecule has 0 radical (unpaired) electrons. The number of thioether (sulfide) groups is 1. The van der Waals surface area contributed by atoms with Crippen LogP contribution in [0.2, 0.25) is 0 Å². The van der Waals surface area contributed by atoms with Crippen LogP contribution in [0.1, 0.15) is 13.8 Å². The summed E-state index contributed by atoms with van der Waals surface area (Å²) in [6.45, 7) is 5.06. The minimum absolute atomic E-state index is 0.245. The second kappa shape index (κ2) is 8.08. The summed E-state index contributed by atoms with van der Waals surface area (Å²) >= 11 is 4.74. The highest BCUT2D eigenvalue weighted by Gasteiger charge is 2.11. The Bertz CT molecular complexity index is 343. The molecule has 17 heavy (non-hydrogen) atoms. The second-order valence-electron chi connectivity index (χ2n) is 3.20. The van der Waals surface area contributed by atoms with E-state index in [1.807, 2.05) is 19.9 Å². The summed E-state index contributed by atoms with van der Waals surface area (Å²) in [4.78, 5) is 0.856. The fraction of sp³-hybridized carbons (Fsp3) is 0.500. The monoisotopic (exact) mass is 322 g/mol. The molecule has 0 saturated heterocycles. The van der Waals surface area contributed by atoms with Crippen LogP contribution >= 0.6 is 27.7 Å². The molecule has 1 aromatic rings. The van der Waals surface area contributed by atoms with Crippen molar-refractivity contribution in [2.24, 2.45) is 0 Å². The van der Waals surface area contributed by atoms with Gasteiger partial charge in [0, 0.05) is 23.9 Å². The molecular weight excluding hydrogens is 307 g/mol. The van der Waals surface area contributed by atoms with Gasteiger partial charge in [0.15, 0.2) is 6.29 Å². The van der Waals surface area contributed by atoms with Crippen molar-refractivity contribution in [1.82, 2.24) is 0 Å². The number of benzene rings is 1. The Kier molecular flexibility index (Phi) is 7.11. The van der Waals surface area contributed by atoms with E-state index >= 15 is 0 Å². The Balaban J connectivity index is 2.55. The van der Waals surface area contributed by atoms with Crippen molar-refractivity contribution in [3.05, 3.63) is 28.5 Å². The first-order valence-electron chi connectivity index (χ1n) is 5.49. The quantitative estimate of drug-likeness (QED) is 0.556. The molecule has 0 amide bonds. The average Bonchev–Trinajstić information content (AvgIpc) is 2.31. The maximum atomic E-state index is 13.3. The van der Waals surface area contributed by atoms with Gasteiger partial charge >= 0.3 is 0 Å². The zero-order valence-electron chi connectivity index (χ0n) is 9.91. The molecule has 0 unspecified atom stereocenters. The van der Waals surface area contributed by atoms with Crippen LogP contribution in [0.3, 0.4) is 0 Å². The van der Waals surface area contributed by atoms with E-state index in [0.29, 0.717) is 23.4 Å². The highest BCUT2D eigenvalue weighted by molar-refractivity contribution is 9.10. The van der Waals surface area contributed by atoms with Crippen molar-refractivity contribution in [2.75, 3.05) is 19.0 Å². The summed E-state index contributed by atoms with van der Waals surface area (Å²) in [7, 11) is 0. The average molecular weight is 323 g/mol. The van der Waals surface area contributed by atoms with Gasteiger partial charge in [-0.2, -0.15) is 0 Å². The number of rotatable bonds is 7. The first-order valence-corrected chi connectivity index (χ1v) is 7.26. The lowest BCUT2D eigenvalue weighted by molar-refractivity contribution is -0.120. The van der Waals surface area contributed by atoms with Crippen molar-refractivity contribution >= 4 is 27.7 Å². The SMILES string of the molecule is CCOC(CSc1cccc(F)c1Br)OCC. The van der Waals surface area contributed by atoms with Crippen molar-refractivity contribution in [3.8, 4) is 0 Å². The molecular formula is C12H16BrFO2S. The van der Waals surface area contributed by atoms with Crippen LogP contribution in [-0.4, -0.2) is 25.3 Å². The third-order valence-corrected chi connectivity index (χ3v) is 4.15. The number of ether oxygens (including phenoxy) is 2. The van der Waals surface area contributed by atoms with E-state index in [4.69, 9.17) is 9.47 Å². The second-order valence-corrected chi connectivity index (χ2v) is 5.06. The number of halogens is 2. The van der Waals surface area contributed by atoms with Gasteiger partial charge in [-0.05, 0) is 41.9 Å². The molecule has 0 aliphatic carbocycles. The van der Waals surface area contributed by atoms with Crippen LogP contribution in [0.15, 0.2) is 27.6 Å². The first-order chi connectivity index (χ1) is 8.19. The van der Waals surface area contributed by atoms with Crippen LogP contribution in [0.5, 0.6) is 0 Å². The lowest BCUT2D eigenvalue weighted by Crippen LogP contribution is -2.20. The zero-order chi connectivity index (χ0) is 12.7. The molecule has 0 aliphatic heterocycles. The predicted molar refractivity (Wildman–Crippen MR) is 71.9 cm³/mol. The maximum absolute atomic E-state index is 13.3. The molecule has 0 saturated carbocycles. The molecule has 0 aliphatic rings. The van der Waals surface area contributed by atoms with E-state index in [1.165, 1.54) is 17.8 Å². The standard InChI is InChI=1S/C12H16BrFO2S/c1-3-15-11(16-4-2)8-17-10-7-5-6-9(14)12(10)13/h5-7,11H,3-4,8H2,1-2H3. The zero-order valence-corrected chi connectivity index (χ0v) is 12.3. The van der Waals surface area contributed by atoms with Crippen molar-refractivity contribution in [3.63, 3.8) is 0 Å². The molecule has 0 bridgehead atoms. The molecule has 0 N–H and O–H groups in total. The molecule has 1 rings (SSSR count). The number of hydrogen-bond donors (Lipinski definition) is 0. The van der Waals surface area contributed by atoms with E-state index in [9.17, 15) is 4.39 Å². The van der Waals surface area contributed by atoms with Crippen LogP contribution in [0.4, 0.5) is 4.39 Å². The smallest absolute Gasteiger partial charge is 0.166 e. The third kappa shape index (κ3) is 4.95. The summed E-state index contributed by atoms with van der Waals surface area (Å²) in [5.74, 6) is 0.392. The molecule has 0 aromatic heterocycles. The van der Waals surface area contributed by atoms with Gasteiger partial charge in [-0.25, -0.2) is 4.39 Å². The van der Waals surface area contributed by atoms with E-state index in [0.717, 1.165) is 4.90 Å². The highest BCUT2D eigenvalue weighted by atomic mass is 79.9. The van der Waals surface area contributed by atoms with Crippen LogP contribution in [0.25, 0.3) is 0 Å². The van der Waals surface area contributed by atoms with Gasteiger partial charge in [0.05, 0.1) is 4.47 Å². The fourth-order valence-electron chi connectivity index (χ4n) is 1.27. The van der Waals surface area contributed by atoms with Gasteiger partial charge in [-0.1, -0.05) is 6.07 Å². The largest absolute Gasteiger partial charge is 0.352 e. The molecule has 5 heteroatoms. The molecule has 0 heterocycles. The van der Waals surface area contributed by atoms with Gasteiger partial charge in [0.1, 0.15) is 5.82 Å². The van der Waals surface area contributed by atoms with Gasteiger partial charge < -0.3 is 9.47 Å². The van der Waals surface area contributed by atoms with E-state index in [-0.39, 0.29) is 12.1 Å². The summed E-state index contributed by atoms with van der Waals surface area (Å²) in [6.07, 6.45) is -0.245. The summed E-state index contributed by atoms with van der Waals surface area (Å²) in [6, 6.07) is 4.99. The van der Waals surface area contributed by atoms with Gasteiger partial charge in [0.2, 0.25) is 0 Å². The van der Waals surface area contributed by atoms with E-state index < -0.39 is 0 Å². The van der Waals surface area contributed by atoms with Crippen LogP contribution in [-0.2, 0) is 9.47 Å². The molecule has 2 nitrogen and oxygen atoms in total. The number of hydrogen-bond acceptors (Lipinski definition) is 3. The summed E-state index contributed by atoms with van der Waals surface area (Å²) in [5, 5.41) is 0. The van der Waals surface area contributed by atoms with Gasteiger partial charge in [0.25, 0.3) is 0 Å². The molecule has 0 spiro atoms. The normalized spacial score (nSPS) is 11.1. The Morgan fingerprint density at radius 3 is 2.53 bits per heavy atom. The predicted octanol–water partition coefficient (Wildman–Crippen LogP) is 4.08. The molecule has 0 atom stereocenters. The van der Waals surface area contributed by atoms with E-state index in [1.54, 1.807) is 6.07 Å².